The summed E-state index contributed by atoms with van der Waals surface area (Å²) in [5, 5.41) is 47.7. The van der Waals surface area contributed by atoms with Gasteiger partial charge in [-0.2, -0.15) is 0 Å². The van der Waals surface area contributed by atoms with E-state index in [-0.39, 0.29) is 74.4 Å². The second-order valence-corrected chi connectivity index (χ2v) is 2.57. The van der Waals surface area contributed by atoms with Gasteiger partial charge >= 0.3 is 80.4 Å². The second kappa shape index (κ2) is 9.60. The molecule has 0 radical (unpaired) electrons. The molecule has 0 spiro atoms. The van der Waals surface area contributed by atoms with Crippen molar-refractivity contribution in [1.82, 2.24) is 0 Å². The molecule has 0 aliphatic carbocycles. The Morgan fingerprint density at radius 1 is 1.29 bits per heavy atom. The van der Waals surface area contributed by atoms with E-state index >= 15 is 0 Å². The van der Waals surface area contributed by atoms with Gasteiger partial charge in [0.15, 0.2) is 6.10 Å². The van der Waals surface area contributed by atoms with E-state index in [0.717, 1.165) is 0 Å². The number of aliphatic hydroxyl groups excluding tert-OH is 1. The maximum Gasteiger partial charge on any atom is 2.00 e. The predicted molar refractivity (Wildman–Crippen MR) is 37.4 cm³/mol. The van der Waals surface area contributed by atoms with Crippen LogP contribution < -0.4 is 66.9 Å². The van der Waals surface area contributed by atoms with Crippen LogP contribution in [0.15, 0.2) is 0 Å². The van der Waals surface area contributed by atoms with Crippen LogP contribution in [-0.4, -0.2) is 62.9 Å². The molecule has 2 unspecified atom stereocenters. The third kappa shape index (κ3) is 6.42. The summed E-state index contributed by atoms with van der Waals surface area (Å²) >= 11 is 0. The predicted octanol–water partition coefficient (Wildman–Crippen LogP) is -9.59. The Balaban J connectivity index is -0.000000980. The Labute approximate surface area is 153 Å². The van der Waals surface area contributed by atoms with Crippen molar-refractivity contribution >= 4 is 41.0 Å². The van der Waals surface area contributed by atoms with E-state index in [2.05, 4.69) is 4.89 Å². The normalized spacial score (nSPS) is 14.3. The Hall–Kier alpha value is 0.693. The van der Waals surface area contributed by atoms with Crippen LogP contribution in [0.5, 0.6) is 0 Å². The van der Waals surface area contributed by atoms with Crippen molar-refractivity contribution in [3.63, 3.8) is 0 Å². The van der Waals surface area contributed by atoms with Crippen molar-refractivity contribution in [3.8, 4) is 0 Å². The topological polar surface area (TPSA) is 170 Å². The molecule has 0 heterocycles. The number of carboxylic acids is 2. The summed E-state index contributed by atoms with van der Waals surface area (Å²) in [6.07, 6.45) is -4.51. The molecule has 0 aliphatic rings. The molecule has 0 saturated heterocycles. The number of carbonyl (C=O) groups is 3. The third-order valence-electron chi connectivity index (χ3n) is 1.53. The van der Waals surface area contributed by atoms with E-state index in [1.165, 1.54) is 0 Å². The van der Waals surface area contributed by atoms with Crippen molar-refractivity contribution in [2.45, 2.75) is 18.1 Å². The maximum absolute atomic E-state index is 10.4. The Morgan fingerprint density at radius 3 is 1.94 bits per heavy atom. The smallest absolute Gasteiger partial charge is 0.662 e. The fourth-order valence-electron chi connectivity index (χ4n) is 0.741. The third-order valence-corrected chi connectivity index (χ3v) is 1.53. The average molecular weight is 284 g/mol. The van der Waals surface area contributed by atoms with Crippen molar-refractivity contribution in [2.75, 3.05) is 0 Å². The number of carbonyl (C=O) groups excluding carboxylic acids is 3. The van der Waals surface area contributed by atoms with E-state index in [4.69, 9.17) is 10.2 Å². The van der Waals surface area contributed by atoms with Gasteiger partial charge in [0.1, 0.15) is 5.60 Å². The van der Waals surface area contributed by atoms with Gasteiger partial charge in [0.05, 0.1) is 5.97 Å². The van der Waals surface area contributed by atoms with Crippen LogP contribution in [-0.2, 0) is 19.3 Å². The minimum atomic E-state index is -3.47. The number of rotatable bonds is 5. The van der Waals surface area contributed by atoms with Crippen LogP contribution >= 0.6 is 0 Å². The van der Waals surface area contributed by atoms with Gasteiger partial charge < -0.3 is 40.2 Å². The SMILES string of the molecule is O=C([O-])CC(O)(C(=O)[O-])C(O)C(=O)O[O-].[K+].[Mg+2]. The van der Waals surface area contributed by atoms with E-state index < -0.39 is 36.0 Å². The quantitative estimate of drug-likeness (QED) is 0.282. The zero-order chi connectivity index (χ0) is 12.2. The standard InChI is InChI=1S/C6H8O9.K.Mg/c7-2(8)1-6(13,5(11)12)3(9)4(10)15-14;;/h3,9,13-14H,1H2,(H,7,8)(H,11,12);;/q;+1;+2/p-3. The van der Waals surface area contributed by atoms with Crippen LogP contribution in [0.1, 0.15) is 6.42 Å². The fraction of sp³-hybridized carbons (Fsp3) is 0.500. The van der Waals surface area contributed by atoms with Gasteiger partial charge in [-0.15, -0.1) is 0 Å². The Morgan fingerprint density at radius 2 is 1.71 bits per heavy atom. The first-order valence-corrected chi connectivity index (χ1v) is 3.41. The van der Waals surface area contributed by atoms with Gasteiger partial charge in [-0.3, -0.25) is 0 Å². The fourth-order valence-corrected chi connectivity index (χ4v) is 0.741. The van der Waals surface area contributed by atoms with E-state index in [0.29, 0.717) is 0 Å². The molecular formula is C6H5KMgO9. The van der Waals surface area contributed by atoms with Crippen LogP contribution in [0.2, 0.25) is 0 Å². The van der Waals surface area contributed by atoms with Crippen LogP contribution in [0.4, 0.5) is 0 Å². The first kappa shape index (κ1) is 22.8. The molecule has 9 nitrogen and oxygen atoms in total. The van der Waals surface area contributed by atoms with Crippen molar-refractivity contribution in [3.05, 3.63) is 0 Å². The van der Waals surface area contributed by atoms with Crippen molar-refractivity contribution < 1.29 is 96.3 Å². The first-order valence-electron chi connectivity index (χ1n) is 3.41. The zero-order valence-corrected chi connectivity index (χ0v) is 13.3. The van der Waals surface area contributed by atoms with Gasteiger partial charge in [-0.1, -0.05) is 0 Å². The minimum Gasteiger partial charge on any atom is -0.662 e. The minimum absolute atomic E-state index is 0. The van der Waals surface area contributed by atoms with Crippen LogP contribution in [0, 0.1) is 0 Å². The molecule has 0 aliphatic heterocycles. The zero-order valence-electron chi connectivity index (χ0n) is 8.74. The molecule has 0 saturated carbocycles. The maximum atomic E-state index is 10.4. The van der Waals surface area contributed by atoms with Crippen molar-refractivity contribution in [1.29, 1.82) is 0 Å². The number of hydrogen-bond acceptors (Lipinski definition) is 9. The van der Waals surface area contributed by atoms with Crippen LogP contribution in [0.3, 0.4) is 0 Å². The van der Waals surface area contributed by atoms with Gasteiger partial charge in [0, 0.05) is 12.4 Å². The van der Waals surface area contributed by atoms with E-state index in [1.807, 2.05) is 0 Å². The van der Waals surface area contributed by atoms with E-state index in [9.17, 15) is 29.9 Å². The molecule has 86 valence electrons. The molecule has 0 aromatic heterocycles. The molecular weight excluding hydrogens is 279 g/mol. The summed E-state index contributed by atoms with van der Waals surface area (Å²) in [6, 6.07) is 0. The number of carboxylic acid groups (broad SMARTS) is 2. The van der Waals surface area contributed by atoms with Crippen molar-refractivity contribution in [2.24, 2.45) is 0 Å². The monoisotopic (exact) mass is 284 g/mol. The number of aliphatic hydroxyl groups is 2. The number of aliphatic carboxylic acids is 2. The van der Waals surface area contributed by atoms with Gasteiger partial charge in [-0.05, 0) is 0 Å². The molecule has 2 N–H and O–H groups in total. The summed E-state index contributed by atoms with van der Waals surface area (Å²) in [4.78, 5) is 33.4. The summed E-state index contributed by atoms with van der Waals surface area (Å²) in [7, 11) is 0. The first-order chi connectivity index (χ1) is 6.75. The molecule has 0 aromatic rings. The molecule has 0 bridgehead atoms. The molecule has 2 atom stereocenters. The number of hydrogen-bond donors (Lipinski definition) is 2. The summed E-state index contributed by atoms with van der Waals surface area (Å²) < 4.78 is 0. The Bertz CT molecular complexity index is 295. The largest absolute Gasteiger partial charge is 2.00 e. The Kier molecular flexibility index (Phi) is 12.9. The molecule has 11 heteroatoms. The molecule has 0 aromatic carbocycles. The molecule has 17 heavy (non-hydrogen) atoms. The van der Waals surface area contributed by atoms with E-state index in [1.54, 1.807) is 0 Å². The molecule has 0 amide bonds. The van der Waals surface area contributed by atoms with Gasteiger partial charge in [0.2, 0.25) is 0 Å². The summed E-state index contributed by atoms with van der Waals surface area (Å²) in [6.45, 7) is 0. The molecule has 0 rings (SSSR count). The molecule has 0 fully saturated rings. The second-order valence-electron chi connectivity index (χ2n) is 2.57. The van der Waals surface area contributed by atoms with Gasteiger partial charge in [-0.25, -0.2) is 4.79 Å². The van der Waals surface area contributed by atoms with Crippen LogP contribution in [0.25, 0.3) is 0 Å². The summed E-state index contributed by atoms with van der Waals surface area (Å²) in [5.74, 6) is -6.58. The van der Waals surface area contributed by atoms with Gasteiger partial charge in [0.25, 0.3) is 0 Å². The summed E-state index contributed by atoms with van der Waals surface area (Å²) in [5.41, 5.74) is -3.47. The average Bonchev–Trinajstić information content (AvgIpc) is 2.13.